The Labute approximate surface area is 114 Å². The number of anilines is 1. The first-order valence-electron chi connectivity index (χ1n) is 6.75. The lowest BCUT2D eigenvalue weighted by Gasteiger charge is -2.41. The van der Waals surface area contributed by atoms with Crippen molar-refractivity contribution < 1.29 is 14.6 Å². The van der Waals surface area contributed by atoms with E-state index in [1.165, 1.54) is 0 Å². The minimum absolute atomic E-state index is 0.548. The molecule has 2 rings (SSSR count). The molecule has 1 aromatic rings. The van der Waals surface area contributed by atoms with Gasteiger partial charge < -0.3 is 14.7 Å². The molecule has 1 saturated carbocycles. The number of carbonyl (C=O) groups is 1. The van der Waals surface area contributed by atoms with Gasteiger partial charge in [0.2, 0.25) is 0 Å². The van der Waals surface area contributed by atoms with E-state index in [4.69, 9.17) is 4.74 Å². The number of carboxylic acids is 1. The fraction of sp³-hybridized carbons (Fsp3) is 0.533. The fourth-order valence-corrected chi connectivity index (χ4v) is 2.55. The maximum absolute atomic E-state index is 11.4. The van der Waals surface area contributed by atoms with Gasteiger partial charge in [-0.05, 0) is 44.0 Å². The molecule has 1 aliphatic carbocycles. The van der Waals surface area contributed by atoms with Crippen molar-refractivity contribution in [2.75, 3.05) is 25.1 Å². The molecule has 0 bridgehead atoms. The van der Waals surface area contributed by atoms with E-state index in [9.17, 15) is 9.90 Å². The Morgan fingerprint density at radius 3 is 2.42 bits per heavy atom. The van der Waals surface area contributed by atoms with Crippen LogP contribution in [0.3, 0.4) is 0 Å². The van der Waals surface area contributed by atoms with Crippen LogP contribution in [0.1, 0.15) is 26.2 Å². The number of hydrogen-bond acceptors (Lipinski definition) is 3. The zero-order valence-corrected chi connectivity index (χ0v) is 11.6. The SMILES string of the molecule is CCOc1ccc(N(C)CC2(C(=O)O)CCC2)cc1. The number of rotatable bonds is 6. The second-order valence-corrected chi connectivity index (χ2v) is 5.22. The normalized spacial score (nSPS) is 16.5. The van der Waals surface area contributed by atoms with Crippen LogP contribution in [-0.2, 0) is 4.79 Å². The molecule has 1 fully saturated rings. The van der Waals surface area contributed by atoms with Crippen molar-refractivity contribution in [2.24, 2.45) is 5.41 Å². The summed E-state index contributed by atoms with van der Waals surface area (Å²) in [7, 11) is 1.94. The first kappa shape index (κ1) is 13.7. The maximum atomic E-state index is 11.4. The first-order valence-corrected chi connectivity index (χ1v) is 6.75. The van der Waals surface area contributed by atoms with E-state index in [1.807, 2.05) is 43.1 Å². The molecule has 1 aliphatic rings. The van der Waals surface area contributed by atoms with E-state index in [0.717, 1.165) is 30.7 Å². The molecule has 19 heavy (non-hydrogen) atoms. The van der Waals surface area contributed by atoms with Gasteiger partial charge in [-0.25, -0.2) is 0 Å². The molecular weight excluding hydrogens is 242 g/mol. The Bertz CT molecular complexity index is 437. The minimum Gasteiger partial charge on any atom is -0.494 e. The van der Waals surface area contributed by atoms with Gasteiger partial charge in [-0.1, -0.05) is 6.42 Å². The lowest BCUT2D eigenvalue weighted by atomic mass is 9.68. The summed E-state index contributed by atoms with van der Waals surface area (Å²) in [5.74, 6) is 0.174. The van der Waals surface area contributed by atoms with E-state index in [2.05, 4.69) is 0 Å². The predicted octanol–water partition coefficient (Wildman–Crippen LogP) is 2.78. The largest absolute Gasteiger partial charge is 0.494 e. The Morgan fingerprint density at radius 1 is 1.37 bits per heavy atom. The summed E-state index contributed by atoms with van der Waals surface area (Å²) in [5, 5.41) is 9.35. The predicted molar refractivity (Wildman–Crippen MR) is 74.8 cm³/mol. The minimum atomic E-state index is -0.670. The van der Waals surface area contributed by atoms with Crippen molar-refractivity contribution in [2.45, 2.75) is 26.2 Å². The van der Waals surface area contributed by atoms with Crippen LogP contribution < -0.4 is 9.64 Å². The summed E-state index contributed by atoms with van der Waals surface area (Å²) in [6.45, 7) is 3.17. The third-order valence-electron chi connectivity index (χ3n) is 3.89. The number of benzene rings is 1. The molecule has 1 N–H and O–H groups in total. The summed E-state index contributed by atoms with van der Waals surface area (Å²) in [4.78, 5) is 13.4. The number of carboxylic acid groups (broad SMARTS) is 1. The highest BCUT2D eigenvalue weighted by atomic mass is 16.5. The monoisotopic (exact) mass is 263 g/mol. The van der Waals surface area contributed by atoms with Gasteiger partial charge in [-0.3, -0.25) is 4.79 Å². The van der Waals surface area contributed by atoms with E-state index >= 15 is 0 Å². The highest BCUT2D eigenvalue weighted by Gasteiger charge is 2.45. The molecule has 4 heteroatoms. The van der Waals surface area contributed by atoms with Gasteiger partial charge in [-0.15, -0.1) is 0 Å². The van der Waals surface area contributed by atoms with Gasteiger partial charge in [0.1, 0.15) is 5.75 Å². The number of ether oxygens (including phenoxy) is 1. The highest BCUT2D eigenvalue weighted by molar-refractivity contribution is 5.76. The maximum Gasteiger partial charge on any atom is 0.311 e. The van der Waals surface area contributed by atoms with Crippen molar-refractivity contribution in [3.8, 4) is 5.75 Å². The van der Waals surface area contributed by atoms with Crippen molar-refractivity contribution in [1.29, 1.82) is 0 Å². The first-order chi connectivity index (χ1) is 9.07. The lowest BCUT2D eigenvalue weighted by Crippen LogP contribution is -2.46. The molecule has 0 aliphatic heterocycles. The molecular formula is C15H21NO3. The molecule has 0 atom stereocenters. The van der Waals surface area contributed by atoms with Crippen molar-refractivity contribution in [3.63, 3.8) is 0 Å². The third kappa shape index (κ3) is 2.83. The molecule has 104 valence electrons. The van der Waals surface area contributed by atoms with Crippen LogP contribution in [0.15, 0.2) is 24.3 Å². The lowest BCUT2D eigenvalue weighted by molar-refractivity contribution is -0.153. The molecule has 0 aromatic heterocycles. The summed E-state index contributed by atoms with van der Waals surface area (Å²) >= 11 is 0. The molecule has 0 amide bonds. The van der Waals surface area contributed by atoms with Crippen molar-refractivity contribution in [1.82, 2.24) is 0 Å². The summed E-state index contributed by atoms with van der Waals surface area (Å²) < 4.78 is 5.40. The van der Waals surface area contributed by atoms with Crippen LogP contribution >= 0.6 is 0 Å². The average Bonchev–Trinajstić information content (AvgIpc) is 2.34. The highest BCUT2D eigenvalue weighted by Crippen LogP contribution is 2.42. The zero-order chi connectivity index (χ0) is 13.9. The van der Waals surface area contributed by atoms with Crippen LogP contribution in [0.2, 0.25) is 0 Å². The Hall–Kier alpha value is -1.71. The number of hydrogen-bond donors (Lipinski definition) is 1. The molecule has 0 saturated heterocycles. The quantitative estimate of drug-likeness (QED) is 0.857. The van der Waals surface area contributed by atoms with Crippen LogP contribution in [-0.4, -0.2) is 31.3 Å². The average molecular weight is 263 g/mol. The third-order valence-corrected chi connectivity index (χ3v) is 3.89. The van der Waals surface area contributed by atoms with Crippen LogP contribution in [0.4, 0.5) is 5.69 Å². The van der Waals surface area contributed by atoms with Crippen molar-refractivity contribution in [3.05, 3.63) is 24.3 Å². The molecule has 0 heterocycles. The van der Waals surface area contributed by atoms with Gasteiger partial charge in [0.05, 0.1) is 12.0 Å². The van der Waals surface area contributed by atoms with Gasteiger partial charge in [0.15, 0.2) is 0 Å². The molecule has 0 radical (unpaired) electrons. The van der Waals surface area contributed by atoms with Crippen LogP contribution in [0, 0.1) is 5.41 Å². The zero-order valence-electron chi connectivity index (χ0n) is 11.6. The number of nitrogens with zero attached hydrogens (tertiary/aromatic N) is 1. The van der Waals surface area contributed by atoms with Gasteiger partial charge >= 0.3 is 5.97 Å². The van der Waals surface area contributed by atoms with Crippen LogP contribution in [0.5, 0.6) is 5.75 Å². The van der Waals surface area contributed by atoms with Gasteiger partial charge in [0, 0.05) is 19.3 Å². The fourth-order valence-electron chi connectivity index (χ4n) is 2.55. The Balaban J connectivity index is 2.03. The standard InChI is InChI=1S/C15H21NO3/c1-3-19-13-7-5-12(6-8-13)16(2)11-15(14(17)18)9-4-10-15/h5-8H,3-4,9-11H2,1-2H3,(H,17,18). The smallest absolute Gasteiger partial charge is 0.311 e. The second kappa shape index (κ2) is 5.51. The van der Waals surface area contributed by atoms with E-state index in [-0.39, 0.29) is 0 Å². The molecule has 0 spiro atoms. The Morgan fingerprint density at radius 2 is 2.00 bits per heavy atom. The molecule has 0 unspecified atom stereocenters. The topological polar surface area (TPSA) is 49.8 Å². The van der Waals surface area contributed by atoms with E-state index < -0.39 is 11.4 Å². The van der Waals surface area contributed by atoms with E-state index in [0.29, 0.717) is 13.2 Å². The second-order valence-electron chi connectivity index (χ2n) is 5.22. The van der Waals surface area contributed by atoms with Gasteiger partial charge in [-0.2, -0.15) is 0 Å². The molecule has 4 nitrogen and oxygen atoms in total. The van der Waals surface area contributed by atoms with E-state index in [1.54, 1.807) is 0 Å². The van der Waals surface area contributed by atoms with Gasteiger partial charge in [0.25, 0.3) is 0 Å². The van der Waals surface area contributed by atoms with Crippen LogP contribution in [0.25, 0.3) is 0 Å². The summed E-state index contributed by atoms with van der Waals surface area (Å²) in [6, 6.07) is 7.78. The molecule has 1 aromatic carbocycles. The summed E-state index contributed by atoms with van der Waals surface area (Å²) in [5.41, 5.74) is 0.476. The number of aliphatic carboxylic acids is 1. The Kier molecular flexibility index (Phi) is 3.98. The van der Waals surface area contributed by atoms with Crippen molar-refractivity contribution >= 4 is 11.7 Å². The summed E-state index contributed by atoms with van der Waals surface area (Å²) in [6.07, 6.45) is 2.58.